The van der Waals surface area contributed by atoms with Crippen LogP contribution in [0.1, 0.15) is 23.6 Å². The van der Waals surface area contributed by atoms with E-state index in [-0.39, 0.29) is 5.56 Å². The van der Waals surface area contributed by atoms with E-state index < -0.39 is 0 Å². The predicted molar refractivity (Wildman–Crippen MR) is 105 cm³/mol. The van der Waals surface area contributed by atoms with Gasteiger partial charge in [-0.1, -0.05) is 61.0 Å². The van der Waals surface area contributed by atoms with Crippen molar-refractivity contribution < 1.29 is 0 Å². The van der Waals surface area contributed by atoms with Gasteiger partial charge in [-0.3, -0.25) is 4.79 Å². The summed E-state index contributed by atoms with van der Waals surface area (Å²) in [6.07, 6.45) is 4.65. The first-order valence-corrected chi connectivity index (χ1v) is 8.88. The lowest BCUT2D eigenvalue weighted by Crippen LogP contribution is -2.21. The third-order valence-electron chi connectivity index (χ3n) is 4.73. The molecule has 0 saturated carbocycles. The van der Waals surface area contributed by atoms with Crippen LogP contribution in [0.2, 0.25) is 0 Å². The van der Waals surface area contributed by atoms with Crippen molar-refractivity contribution in [2.45, 2.75) is 26.8 Å². The Morgan fingerprint density at radius 1 is 0.923 bits per heavy atom. The van der Waals surface area contributed by atoms with Gasteiger partial charge in [0.15, 0.2) is 0 Å². The van der Waals surface area contributed by atoms with Gasteiger partial charge in [-0.2, -0.15) is 5.10 Å². The highest BCUT2D eigenvalue weighted by molar-refractivity contribution is 5.65. The summed E-state index contributed by atoms with van der Waals surface area (Å²) < 4.78 is 3.39. The van der Waals surface area contributed by atoms with Crippen LogP contribution in [0.5, 0.6) is 0 Å². The monoisotopic (exact) mass is 343 g/mol. The van der Waals surface area contributed by atoms with Crippen molar-refractivity contribution in [1.29, 1.82) is 0 Å². The molecule has 4 aromatic rings. The second-order valence-corrected chi connectivity index (χ2v) is 6.63. The second kappa shape index (κ2) is 6.64. The molecule has 0 unspecified atom stereocenters. The standard InChI is InChI=1S/C22H21N3O/c1-3-17-8-10-19(11-9-17)20-14-21-22(26)24(12-13-25(21)23-20)15-18-6-4-16(2)5-7-18/h4-14H,3,15H2,1-2H3. The lowest BCUT2D eigenvalue weighted by Gasteiger charge is -2.06. The molecule has 0 N–H and O–H groups in total. The Balaban J connectivity index is 1.71. The molecule has 4 nitrogen and oxygen atoms in total. The molecule has 0 aliphatic rings. The second-order valence-electron chi connectivity index (χ2n) is 6.63. The molecule has 0 saturated heterocycles. The van der Waals surface area contributed by atoms with E-state index in [1.54, 1.807) is 15.3 Å². The normalized spacial score (nSPS) is 11.2. The molecule has 0 aliphatic heterocycles. The minimum absolute atomic E-state index is 0.0306. The number of aromatic nitrogens is 3. The van der Waals surface area contributed by atoms with Gasteiger partial charge < -0.3 is 4.57 Å². The van der Waals surface area contributed by atoms with Gasteiger partial charge in [0, 0.05) is 18.0 Å². The van der Waals surface area contributed by atoms with E-state index in [1.807, 2.05) is 12.3 Å². The van der Waals surface area contributed by atoms with Crippen LogP contribution in [0, 0.1) is 6.92 Å². The van der Waals surface area contributed by atoms with Crippen molar-refractivity contribution >= 4 is 5.52 Å². The molecule has 0 bridgehead atoms. The Hall–Kier alpha value is -3.14. The summed E-state index contributed by atoms with van der Waals surface area (Å²) in [7, 11) is 0. The molecule has 4 heteroatoms. The first-order chi connectivity index (χ1) is 12.6. The van der Waals surface area contributed by atoms with Crippen molar-refractivity contribution in [3.8, 4) is 11.3 Å². The van der Waals surface area contributed by atoms with Gasteiger partial charge in [0.2, 0.25) is 0 Å². The zero-order valence-electron chi connectivity index (χ0n) is 15.0. The Labute approximate surface area is 152 Å². The summed E-state index contributed by atoms with van der Waals surface area (Å²) in [5.41, 5.74) is 6.01. The lowest BCUT2D eigenvalue weighted by molar-refractivity contribution is 0.743. The van der Waals surface area contributed by atoms with E-state index >= 15 is 0 Å². The van der Waals surface area contributed by atoms with E-state index in [0.29, 0.717) is 12.1 Å². The van der Waals surface area contributed by atoms with Gasteiger partial charge >= 0.3 is 0 Å². The summed E-state index contributed by atoms with van der Waals surface area (Å²) in [6.45, 7) is 4.75. The van der Waals surface area contributed by atoms with Crippen LogP contribution in [0.4, 0.5) is 0 Å². The third kappa shape index (κ3) is 3.06. The third-order valence-corrected chi connectivity index (χ3v) is 4.73. The van der Waals surface area contributed by atoms with Crippen LogP contribution in [0.25, 0.3) is 16.8 Å². The van der Waals surface area contributed by atoms with E-state index in [9.17, 15) is 4.79 Å². The maximum Gasteiger partial charge on any atom is 0.276 e. The molecule has 130 valence electrons. The smallest absolute Gasteiger partial charge is 0.276 e. The molecule has 2 aromatic carbocycles. The molecule has 2 aromatic heterocycles. The lowest BCUT2D eigenvalue weighted by atomic mass is 10.1. The molecular formula is C22H21N3O. The maximum absolute atomic E-state index is 12.8. The molecule has 4 rings (SSSR count). The quantitative estimate of drug-likeness (QED) is 0.560. The number of hydrogen-bond donors (Lipinski definition) is 0. The topological polar surface area (TPSA) is 39.3 Å². The van der Waals surface area contributed by atoms with Gasteiger partial charge in [-0.05, 0) is 30.5 Å². The zero-order valence-corrected chi connectivity index (χ0v) is 15.0. The van der Waals surface area contributed by atoms with Crippen LogP contribution in [-0.2, 0) is 13.0 Å². The summed E-state index contributed by atoms with van der Waals surface area (Å²) in [5.74, 6) is 0. The highest BCUT2D eigenvalue weighted by atomic mass is 16.1. The summed E-state index contributed by atoms with van der Waals surface area (Å²) in [4.78, 5) is 12.8. The number of rotatable bonds is 4. The average molecular weight is 343 g/mol. The molecule has 0 radical (unpaired) electrons. The van der Waals surface area contributed by atoms with Crippen molar-refractivity contribution in [1.82, 2.24) is 14.2 Å². The number of nitrogens with zero attached hydrogens (tertiary/aromatic N) is 3. The van der Waals surface area contributed by atoms with Gasteiger partial charge in [-0.25, -0.2) is 4.52 Å². The van der Waals surface area contributed by atoms with Crippen molar-refractivity contribution in [2.24, 2.45) is 0 Å². The number of hydrogen-bond acceptors (Lipinski definition) is 2. The predicted octanol–water partition coefficient (Wildman–Crippen LogP) is 4.08. The largest absolute Gasteiger partial charge is 0.308 e. The molecule has 0 atom stereocenters. The first-order valence-electron chi connectivity index (χ1n) is 8.88. The number of fused-ring (bicyclic) bond motifs is 1. The van der Waals surface area contributed by atoms with Gasteiger partial charge in [0.1, 0.15) is 5.52 Å². The Morgan fingerprint density at radius 2 is 1.62 bits per heavy atom. The molecule has 0 spiro atoms. The molecular weight excluding hydrogens is 322 g/mol. The van der Waals surface area contributed by atoms with Crippen LogP contribution in [0.15, 0.2) is 71.8 Å². The fourth-order valence-corrected chi connectivity index (χ4v) is 3.09. The van der Waals surface area contributed by atoms with Gasteiger partial charge in [0.05, 0.1) is 12.2 Å². The molecule has 0 amide bonds. The van der Waals surface area contributed by atoms with Crippen LogP contribution in [-0.4, -0.2) is 14.2 Å². The average Bonchev–Trinajstić information content (AvgIpc) is 3.11. The highest BCUT2D eigenvalue weighted by Crippen LogP contribution is 2.19. The van der Waals surface area contributed by atoms with E-state index in [4.69, 9.17) is 0 Å². The molecule has 2 heterocycles. The van der Waals surface area contributed by atoms with E-state index in [2.05, 4.69) is 67.5 Å². The SMILES string of the molecule is CCc1ccc(-c2cc3c(=O)n(Cc4ccc(C)cc4)ccn3n2)cc1. The van der Waals surface area contributed by atoms with E-state index in [0.717, 1.165) is 23.2 Å². The highest BCUT2D eigenvalue weighted by Gasteiger charge is 2.09. The van der Waals surface area contributed by atoms with Crippen molar-refractivity contribution in [3.05, 3.63) is 94.0 Å². The van der Waals surface area contributed by atoms with Gasteiger partial charge in [0.25, 0.3) is 5.56 Å². The van der Waals surface area contributed by atoms with Crippen molar-refractivity contribution in [3.63, 3.8) is 0 Å². The molecule has 26 heavy (non-hydrogen) atoms. The Bertz CT molecular complexity index is 1100. The molecule has 0 fully saturated rings. The summed E-state index contributed by atoms with van der Waals surface area (Å²) in [5, 5.41) is 4.56. The fourth-order valence-electron chi connectivity index (χ4n) is 3.09. The van der Waals surface area contributed by atoms with Crippen LogP contribution >= 0.6 is 0 Å². The Kier molecular flexibility index (Phi) is 4.17. The summed E-state index contributed by atoms with van der Waals surface area (Å²) >= 11 is 0. The first kappa shape index (κ1) is 16.3. The van der Waals surface area contributed by atoms with Crippen LogP contribution < -0.4 is 5.56 Å². The fraction of sp³-hybridized carbons (Fsp3) is 0.182. The summed E-state index contributed by atoms with van der Waals surface area (Å²) in [6, 6.07) is 18.5. The maximum atomic E-state index is 12.8. The molecule has 0 aliphatic carbocycles. The number of benzene rings is 2. The van der Waals surface area contributed by atoms with Crippen LogP contribution in [0.3, 0.4) is 0 Å². The minimum Gasteiger partial charge on any atom is -0.308 e. The Morgan fingerprint density at radius 3 is 2.31 bits per heavy atom. The van der Waals surface area contributed by atoms with Crippen molar-refractivity contribution in [2.75, 3.05) is 0 Å². The van der Waals surface area contributed by atoms with Gasteiger partial charge in [-0.15, -0.1) is 0 Å². The number of aryl methyl sites for hydroxylation is 2. The minimum atomic E-state index is -0.0306. The zero-order chi connectivity index (χ0) is 18.1. The van der Waals surface area contributed by atoms with E-state index in [1.165, 1.54) is 11.1 Å².